The number of nitrogens with zero attached hydrogens (tertiary/aromatic N) is 4. The average molecular weight is 1060 g/mol. The summed E-state index contributed by atoms with van der Waals surface area (Å²) in [6, 6.07) is 88.7. The first-order valence-electron chi connectivity index (χ1n) is 29.0. The third-order valence-corrected chi connectivity index (χ3v) is 16.6. The zero-order valence-electron chi connectivity index (χ0n) is 49.4. The molecule has 10 aromatic rings. The molecule has 0 N–H and O–H groups in total. The number of benzene rings is 10. The van der Waals surface area contributed by atoms with E-state index in [-0.39, 0.29) is 28.4 Å². The van der Waals surface area contributed by atoms with Crippen LogP contribution in [-0.2, 0) is 21.7 Å². The molecule has 0 saturated carbocycles. The zero-order chi connectivity index (χ0) is 56.6. The summed E-state index contributed by atoms with van der Waals surface area (Å²) in [5.74, 6) is 0. The fourth-order valence-electron chi connectivity index (χ4n) is 12.1. The standard InChI is InChI=1S/C76H75BN4/c1-73(2,3)53-36-39-61(40-37-53)80-68-34-25-35-69-72(68)77(65-43-41-62(50-70(65)80)78(57-26-17-13-18-27-57)58-28-19-14-20-29-58)66-44-42-63(79(59-30-21-15-22-31-59)60-32-23-16-24-33-60)51-71(66)81(69)67-45-38-54(74(4,5)6)49-64(67)52-46-55(75(7,8)9)48-56(47-52)76(10,11)12/h13-51H,1-12H3. The Hall–Kier alpha value is -8.54. The molecule has 0 radical (unpaired) electrons. The van der Waals surface area contributed by atoms with Crippen molar-refractivity contribution >= 4 is 91.3 Å². The molecule has 0 aromatic heterocycles. The minimum Gasteiger partial charge on any atom is -0.311 e. The van der Waals surface area contributed by atoms with Crippen LogP contribution in [-0.4, -0.2) is 6.71 Å². The molecule has 402 valence electrons. The molecule has 0 atom stereocenters. The molecule has 81 heavy (non-hydrogen) atoms. The first kappa shape index (κ1) is 53.1. The smallest absolute Gasteiger partial charge is 0.252 e. The maximum Gasteiger partial charge on any atom is 0.252 e. The Bertz CT molecular complexity index is 3810. The molecule has 0 unspecified atom stereocenters. The van der Waals surface area contributed by atoms with Crippen molar-refractivity contribution in [3.63, 3.8) is 0 Å². The van der Waals surface area contributed by atoms with Crippen LogP contribution in [0.5, 0.6) is 0 Å². The predicted molar refractivity (Wildman–Crippen MR) is 350 cm³/mol. The minimum atomic E-state index is -0.108. The van der Waals surface area contributed by atoms with Crippen molar-refractivity contribution in [2.45, 2.75) is 105 Å². The molecule has 2 aliphatic rings. The maximum absolute atomic E-state index is 2.62. The van der Waals surface area contributed by atoms with E-state index in [4.69, 9.17) is 0 Å². The summed E-state index contributed by atoms with van der Waals surface area (Å²) in [5.41, 5.74) is 24.8. The number of para-hydroxylation sites is 4. The largest absolute Gasteiger partial charge is 0.311 e. The van der Waals surface area contributed by atoms with Crippen molar-refractivity contribution in [3.8, 4) is 11.1 Å². The Morgan fingerprint density at radius 3 is 1.10 bits per heavy atom. The van der Waals surface area contributed by atoms with E-state index in [2.05, 4.69) is 339 Å². The van der Waals surface area contributed by atoms with Crippen LogP contribution in [0.2, 0.25) is 0 Å². The maximum atomic E-state index is 2.62. The van der Waals surface area contributed by atoms with Gasteiger partial charge in [-0.05, 0) is 175 Å². The summed E-state index contributed by atoms with van der Waals surface area (Å²) in [6.07, 6.45) is 0. The summed E-state index contributed by atoms with van der Waals surface area (Å²) in [4.78, 5) is 9.96. The summed E-state index contributed by atoms with van der Waals surface area (Å²) < 4.78 is 0. The SMILES string of the molecule is CC(C)(C)c1ccc(N2c3cc(N(c4ccccc4)c4ccccc4)ccc3B3c4ccc(N(c5ccccc5)c5ccccc5)cc4N(c4ccc(C(C)(C)C)cc4-c4cc(C(C)(C)C)cc(C(C)(C)C)c4)c4cccc2c43)cc1. The Labute approximate surface area is 483 Å². The normalized spacial score (nSPS) is 13.1. The van der Waals surface area contributed by atoms with E-state index in [0.717, 1.165) is 56.9 Å². The Kier molecular flexibility index (Phi) is 13.3. The highest BCUT2D eigenvalue weighted by Crippen LogP contribution is 2.50. The van der Waals surface area contributed by atoms with E-state index >= 15 is 0 Å². The monoisotopic (exact) mass is 1050 g/mol. The Morgan fingerprint density at radius 2 is 0.679 bits per heavy atom. The lowest BCUT2D eigenvalue weighted by Gasteiger charge is -2.45. The number of hydrogen-bond acceptors (Lipinski definition) is 4. The van der Waals surface area contributed by atoms with Gasteiger partial charge in [0, 0.05) is 68.1 Å². The van der Waals surface area contributed by atoms with Gasteiger partial charge < -0.3 is 19.6 Å². The average Bonchev–Trinajstić information content (AvgIpc) is 2.61. The van der Waals surface area contributed by atoms with Gasteiger partial charge in [-0.15, -0.1) is 0 Å². The highest BCUT2D eigenvalue weighted by atomic mass is 15.2. The predicted octanol–water partition coefficient (Wildman–Crippen LogP) is 19.6. The molecule has 0 aliphatic carbocycles. The van der Waals surface area contributed by atoms with Crippen LogP contribution < -0.4 is 36.0 Å². The molecular formula is C76H75BN4. The molecule has 10 aromatic carbocycles. The van der Waals surface area contributed by atoms with E-state index in [0.29, 0.717) is 0 Å². The highest BCUT2D eigenvalue weighted by molar-refractivity contribution is 7.00. The lowest BCUT2D eigenvalue weighted by molar-refractivity contribution is 0.569. The number of hydrogen-bond donors (Lipinski definition) is 0. The van der Waals surface area contributed by atoms with Gasteiger partial charge in [0.25, 0.3) is 6.71 Å². The number of rotatable bonds is 9. The van der Waals surface area contributed by atoms with Gasteiger partial charge in [0.05, 0.1) is 5.69 Å². The van der Waals surface area contributed by atoms with Crippen LogP contribution in [0.15, 0.2) is 237 Å². The van der Waals surface area contributed by atoms with Crippen molar-refractivity contribution in [1.82, 2.24) is 0 Å². The fourth-order valence-corrected chi connectivity index (χ4v) is 12.1. The topological polar surface area (TPSA) is 13.0 Å². The molecule has 4 nitrogen and oxygen atoms in total. The third kappa shape index (κ3) is 9.92. The lowest BCUT2D eigenvalue weighted by Crippen LogP contribution is -2.61. The molecule has 5 heteroatoms. The van der Waals surface area contributed by atoms with Gasteiger partial charge in [-0.25, -0.2) is 0 Å². The second-order valence-corrected chi connectivity index (χ2v) is 26.4. The molecule has 0 fully saturated rings. The summed E-state index contributed by atoms with van der Waals surface area (Å²) in [5, 5.41) is 0. The highest BCUT2D eigenvalue weighted by Gasteiger charge is 2.44. The van der Waals surface area contributed by atoms with E-state index < -0.39 is 0 Å². The van der Waals surface area contributed by atoms with Crippen LogP contribution >= 0.6 is 0 Å². The van der Waals surface area contributed by atoms with Crippen LogP contribution in [0, 0.1) is 0 Å². The molecule has 0 bridgehead atoms. The van der Waals surface area contributed by atoms with Gasteiger partial charge in [0.1, 0.15) is 0 Å². The van der Waals surface area contributed by atoms with Crippen molar-refractivity contribution in [1.29, 1.82) is 0 Å². The summed E-state index contributed by atoms with van der Waals surface area (Å²) in [6.45, 7) is 27.9. The minimum absolute atomic E-state index is 0.00562. The van der Waals surface area contributed by atoms with Crippen molar-refractivity contribution in [2.75, 3.05) is 19.6 Å². The molecule has 0 amide bonds. The molecule has 0 saturated heterocycles. The quantitative estimate of drug-likeness (QED) is 0.134. The van der Waals surface area contributed by atoms with E-state index in [1.54, 1.807) is 0 Å². The van der Waals surface area contributed by atoms with Crippen molar-refractivity contribution in [3.05, 3.63) is 259 Å². The van der Waals surface area contributed by atoms with E-state index in [1.807, 2.05) is 0 Å². The number of fused-ring (bicyclic) bond motifs is 4. The summed E-state index contributed by atoms with van der Waals surface area (Å²) >= 11 is 0. The van der Waals surface area contributed by atoms with Crippen LogP contribution in [0.25, 0.3) is 11.1 Å². The van der Waals surface area contributed by atoms with Crippen LogP contribution in [0.4, 0.5) is 68.2 Å². The molecule has 2 heterocycles. The Balaban J connectivity index is 1.17. The van der Waals surface area contributed by atoms with Gasteiger partial charge in [-0.1, -0.05) is 210 Å². The first-order valence-corrected chi connectivity index (χ1v) is 29.0. The van der Waals surface area contributed by atoms with Crippen molar-refractivity contribution in [2.24, 2.45) is 0 Å². The fraction of sp³-hybridized carbons (Fsp3) is 0.211. The third-order valence-electron chi connectivity index (χ3n) is 16.6. The molecule has 2 aliphatic heterocycles. The van der Waals surface area contributed by atoms with Crippen LogP contribution in [0.1, 0.15) is 105 Å². The molecule has 12 rings (SSSR count). The molecular weight excluding hydrogens is 980 g/mol. The molecule has 0 spiro atoms. The van der Waals surface area contributed by atoms with Gasteiger partial charge >= 0.3 is 0 Å². The Morgan fingerprint density at radius 1 is 0.284 bits per heavy atom. The van der Waals surface area contributed by atoms with Crippen LogP contribution in [0.3, 0.4) is 0 Å². The zero-order valence-corrected chi connectivity index (χ0v) is 49.4. The van der Waals surface area contributed by atoms with E-state index in [1.165, 1.54) is 61.1 Å². The second kappa shape index (κ2) is 20.2. The second-order valence-electron chi connectivity index (χ2n) is 26.4. The van der Waals surface area contributed by atoms with Gasteiger partial charge in [-0.2, -0.15) is 0 Å². The van der Waals surface area contributed by atoms with Crippen molar-refractivity contribution < 1.29 is 0 Å². The lowest BCUT2D eigenvalue weighted by atomic mass is 9.33. The number of anilines is 12. The van der Waals surface area contributed by atoms with Gasteiger partial charge in [-0.3, -0.25) is 0 Å². The first-order chi connectivity index (χ1) is 38.7. The van der Waals surface area contributed by atoms with Gasteiger partial charge in [0.15, 0.2) is 0 Å². The van der Waals surface area contributed by atoms with Gasteiger partial charge in [0.2, 0.25) is 0 Å². The summed E-state index contributed by atoms with van der Waals surface area (Å²) in [7, 11) is 0. The van der Waals surface area contributed by atoms with E-state index in [9.17, 15) is 0 Å².